The molecule has 0 spiro atoms. The van der Waals surface area contributed by atoms with Gasteiger partial charge in [0.15, 0.2) is 0 Å². The Hall–Kier alpha value is -1.50. The van der Waals surface area contributed by atoms with Crippen molar-refractivity contribution >= 4 is 28.3 Å². The van der Waals surface area contributed by atoms with Crippen LogP contribution in [0.3, 0.4) is 0 Å². The zero-order valence-electron chi connectivity index (χ0n) is 11.4. The van der Waals surface area contributed by atoms with E-state index in [1.165, 1.54) is 16.2 Å². The van der Waals surface area contributed by atoms with Crippen molar-refractivity contribution in [1.82, 2.24) is 15.1 Å². The maximum absolute atomic E-state index is 12.0. The summed E-state index contributed by atoms with van der Waals surface area (Å²) in [6.45, 7) is 6.85. The molecule has 1 N–H and O–H groups in total. The monoisotopic (exact) mass is 282 g/mol. The lowest BCUT2D eigenvalue weighted by Gasteiger charge is -2.34. The summed E-state index contributed by atoms with van der Waals surface area (Å²) in [5.41, 5.74) is -0.235. The van der Waals surface area contributed by atoms with Gasteiger partial charge in [-0.25, -0.2) is 0 Å². The average molecular weight is 282 g/mol. The van der Waals surface area contributed by atoms with Crippen LogP contribution in [0.25, 0.3) is 0 Å². The van der Waals surface area contributed by atoms with Gasteiger partial charge in [-0.2, -0.15) is 0 Å². The molecule has 7 heteroatoms. The van der Waals surface area contributed by atoms with Gasteiger partial charge in [-0.05, 0) is 12.3 Å². The van der Waals surface area contributed by atoms with Crippen molar-refractivity contribution in [3.05, 3.63) is 5.01 Å². The van der Waals surface area contributed by atoms with Crippen LogP contribution < -0.4 is 5.32 Å². The lowest BCUT2D eigenvalue weighted by molar-refractivity contribution is -0.153. The minimum atomic E-state index is -0.235. The number of carbonyl (C=O) groups is 2. The van der Waals surface area contributed by atoms with Crippen LogP contribution in [0.15, 0.2) is 0 Å². The van der Waals surface area contributed by atoms with Crippen LogP contribution in [0.4, 0.5) is 5.13 Å². The Balaban J connectivity index is 2.05. The molecule has 0 aliphatic carbocycles. The zero-order valence-corrected chi connectivity index (χ0v) is 12.2. The topological polar surface area (TPSA) is 75.2 Å². The summed E-state index contributed by atoms with van der Waals surface area (Å²) in [4.78, 5) is 25.3. The lowest BCUT2D eigenvalue weighted by Crippen LogP contribution is -2.45. The molecule has 0 bridgehead atoms. The van der Waals surface area contributed by atoms with E-state index in [4.69, 9.17) is 0 Å². The maximum Gasteiger partial charge on any atom is 0.230 e. The number of hydrogen-bond acceptors (Lipinski definition) is 6. The Kier molecular flexibility index (Phi) is 3.84. The molecule has 1 aromatic heterocycles. The van der Waals surface area contributed by atoms with Crippen LogP contribution in [-0.2, 0) is 16.1 Å². The van der Waals surface area contributed by atoms with E-state index in [1.807, 2.05) is 20.8 Å². The molecule has 2 rings (SSSR count). The summed E-state index contributed by atoms with van der Waals surface area (Å²) in [5, 5.41) is 12.4. The quantitative estimate of drug-likeness (QED) is 0.850. The highest BCUT2D eigenvalue weighted by Gasteiger charge is 2.37. The van der Waals surface area contributed by atoms with Gasteiger partial charge in [-0.15, -0.1) is 10.2 Å². The number of piperidine rings is 1. The van der Waals surface area contributed by atoms with Gasteiger partial charge < -0.3 is 5.32 Å². The van der Waals surface area contributed by atoms with Crippen molar-refractivity contribution in [2.75, 3.05) is 11.9 Å². The van der Waals surface area contributed by atoms with Crippen molar-refractivity contribution in [3.63, 3.8) is 0 Å². The van der Waals surface area contributed by atoms with Crippen LogP contribution in [0, 0.1) is 5.41 Å². The van der Waals surface area contributed by atoms with Gasteiger partial charge in [0.2, 0.25) is 16.9 Å². The normalized spacial score (nSPS) is 18.8. The molecule has 1 aliphatic heterocycles. The van der Waals surface area contributed by atoms with Gasteiger partial charge in [0.05, 0.1) is 6.54 Å². The number of amides is 2. The molecule has 6 nitrogen and oxygen atoms in total. The van der Waals surface area contributed by atoms with Crippen LogP contribution in [-0.4, -0.2) is 33.5 Å². The summed E-state index contributed by atoms with van der Waals surface area (Å²) < 4.78 is 0. The smallest absolute Gasteiger partial charge is 0.230 e. The summed E-state index contributed by atoms with van der Waals surface area (Å²) in [7, 11) is 0. The third-order valence-electron chi connectivity index (χ3n) is 2.95. The first-order valence-electron chi connectivity index (χ1n) is 6.31. The second kappa shape index (κ2) is 5.24. The first-order valence-corrected chi connectivity index (χ1v) is 7.12. The van der Waals surface area contributed by atoms with Gasteiger partial charge in [0.1, 0.15) is 5.01 Å². The van der Waals surface area contributed by atoms with Crippen LogP contribution in [0.5, 0.6) is 0 Å². The van der Waals surface area contributed by atoms with E-state index in [2.05, 4.69) is 15.5 Å². The molecule has 19 heavy (non-hydrogen) atoms. The summed E-state index contributed by atoms with van der Waals surface area (Å²) in [5.74, 6) is -0.247. The predicted molar refractivity (Wildman–Crippen MR) is 72.6 cm³/mol. The van der Waals surface area contributed by atoms with Gasteiger partial charge in [-0.3, -0.25) is 14.5 Å². The third-order valence-corrected chi connectivity index (χ3v) is 3.82. The van der Waals surface area contributed by atoms with Gasteiger partial charge in [0, 0.05) is 19.4 Å². The molecular weight excluding hydrogens is 264 g/mol. The molecule has 1 saturated heterocycles. The number of carbonyl (C=O) groups excluding carboxylic acids is 2. The minimum absolute atomic E-state index is 0.124. The summed E-state index contributed by atoms with van der Waals surface area (Å²) in [6.07, 6.45) is 0.801. The van der Waals surface area contributed by atoms with E-state index in [-0.39, 0.29) is 23.8 Å². The molecule has 1 fully saturated rings. The Morgan fingerprint density at radius 1 is 1.26 bits per heavy atom. The number of hydrogen-bond donors (Lipinski definition) is 1. The number of likely N-dealkylation sites (tertiary alicyclic amines) is 1. The molecule has 2 heterocycles. The van der Waals surface area contributed by atoms with E-state index in [0.29, 0.717) is 17.8 Å². The van der Waals surface area contributed by atoms with Gasteiger partial charge in [0.25, 0.3) is 0 Å². The standard InChI is InChI=1S/C12H18N4O2S/c1-4-13-11-15-14-8(19-11)7-16-9(17)5-12(2,3)6-10(16)18/h4-7H2,1-3H3,(H,13,15). The van der Waals surface area contributed by atoms with Crippen molar-refractivity contribution in [2.45, 2.75) is 40.2 Å². The first-order chi connectivity index (χ1) is 8.91. The van der Waals surface area contributed by atoms with E-state index in [1.54, 1.807) is 0 Å². The number of anilines is 1. The fraction of sp³-hybridized carbons (Fsp3) is 0.667. The lowest BCUT2D eigenvalue weighted by atomic mass is 9.82. The number of aromatic nitrogens is 2. The fourth-order valence-electron chi connectivity index (χ4n) is 2.06. The summed E-state index contributed by atoms with van der Waals surface area (Å²) in [6, 6.07) is 0. The van der Waals surface area contributed by atoms with Crippen LogP contribution >= 0.6 is 11.3 Å². The molecule has 2 amide bonds. The SMILES string of the molecule is CCNc1nnc(CN2C(=O)CC(C)(C)CC2=O)s1. The Morgan fingerprint density at radius 3 is 2.47 bits per heavy atom. The van der Waals surface area contributed by atoms with E-state index in [9.17, 15) is 9.59 Å². The van der Waals surface area contributed by atoms with Crippen LogP contribution in [0.2, 0.25) is 0 Å². The molecule has 104 valence electrons. The average Bonchev–Trinajstić information content (AvgIpc) is 2.70. The second-order valence-corrected chi connectivity index (χ2v) is 6.48. The van der Waals surface area contributed by atoms with Crippen molar-refractivity contribution in [1.29, 1.82) is 0 Å². The van der Waals surface area contributed by atoms with Crippen molar-refractivity contribution < 1.29 is 9.59 Å². The molecule has 0 atom stereocenters. The maximum atomic E-state index is 12.0. The molecular formula is C12H18N4O2S. The molecule has 0 saturated carbocycles. The van der Waals surface area contributed by atoms with Crippen molar-refractivity contribution in [3.8, 4) is 0 Å². The van der Waals surface area contributed by atoms with Crippen molar-refractivity contribution in [2.24, 2.45) is 5.41 Å². The van der Waals surface area contributed by atoms with Gasteiger partial charge in [-0.1, -0.05) is 25.2 Å². The highest BCUT2D eigenvalue weighted by molar-refractivity contribution is 7.15. The fourth-order valence-corrected chi connectivity index (χ4v) is 2.86. The minimum Gasteiger partial charge on any atom is -0.360 e. The van der Waals surface area contributed by atoms with Gasteiger partial charge >= 0.3 is 0 Å². The second-order valence-electron chi connectivity index (χ2n) is 5.42. The number of nitrogens with zero attached hydrogens (tertiary/aromatic N) is 3. The molecule has 1 aromatic rings. The molecule has 0 aromatic carbocycles. The molecule has 0 unspecified atom stereocenters. The van der Waals surface area contributed by atoms with E-state index >= 15 is 0 Å². The third kappa shape index (κ3) is 3.28. The van der Waals surface area contributed by atoms with E-state index < -0.39 is 0 Å². The summed E-state index contributed by atoms with van der Waals surface area (Å²) >= 11 is 1.38. The zero-order chi connectivity index (χ0) is 14.0. The molecule has 0 radical (unpaired) electrons. The number of imide groups is 1. The number of rotatable bonds is 4. The Labute approximate surface area is 116 Å². The largest absolute Gasteiger partial charge is 0.360 e. The van der Waals surface area contributed by atoms with E-state index in [0.717, 1.165) is 11.7 Å². The first kappa shape index (κ1) is 13.9. The highest BCUT2D eigenvalue weighted by atomic mass is 32.1. The highest BCUT2D eigenvalue weighted by Crippen LogP contribution is 2.32. The van der Waals surface area contributed by atoms with Crippen LogP contribution in [0.1, 0.15) is 38.6 Å². The Bertz CT molecular complexity index is 478. The predicted octanol–water partition coefficient (Wildman–Crippen LogP) is 1.65. The molecule has 1 aliphatic rings. The Morgan fingerprint density at radius 2 is 1.89 bits per heavy atom. The number of nitrogens with one attached hydrogen (secondary N) is 1.